The molecule has 2 rings (SSSR count). The van der Waals surface area contributed by atoms with Crippen molar-refractivity contribution in [2.75, 3.05) is 6.61 Å². The second-order valence-electron chi connectivity index (χ2n) is 8.99. The van der Waals surface area contributed by atoms with E-state index in [-0.39, 0.29) is 5.97 Å². The van der Waals surface area contributed by atoms with Crippen LogP contribution in [-0.4, -0.2) is 12.6 Å². The Bertz CT molecular complexity index is 797. The largest absolute Gasteiger partial charge is 0.462 e. The van der Waals surface area contributed by atoms with Gasteiger partial charge < -0.3 is 9.47 Å². The van der Waals surface area contributed by atoms with Crippen molar-refractivity contribution in [2.24, 2.45) is 0 Å². The molecule has 3 heteroatoms. The maximum Gasteiger partial charge on any atom is 0.341 e. The van der Waals surface area contributed by atoms with Gasteiger partial charge in [0.15, 0.2) is 0 Å². The van der Waals surface area contributed by atoms with Gasteiger partial charge in [0.2, 0.25) is 0 Å². The summed E-state index contributed by atoms with van der Waals surface area (Å²) in [5.41, 5.74) is 0.468. The van der Waals surface area contributed by atoms with Gasteiger partial charge in [0.05, 0.1) is 6.61 Å². The Morgan fingerprint density at radius 1 is 0.676 bits per heavy atom. The molecular formula is C31H44O3. The maximum atomic E-state index is 12.5. The average Bonchev–Trinajstić information content (AvgIpc) is 2.86. The van der Waals surface area contributed by atoms with Crippen LogP contribution in [0.25, 0.3) is 0 Å². The van der Waals surface area contributed by atoms with E-state index in [9.17, 15) is 4.79 Å². The number of hydrogen-bond acceptors (Lipinski definition) is 3. The Kier molecular flexibility index (Phi) is 15.3. The molecule has 0 aliphatic rings. The van der Waals surface area contributed by atoms with Crippen LogP contribution < -0.4 is 4.74 Å². The van der Waals surface area contributed by atoms with E-state index in [0.717, 1.165) is 12.8 Å². The molecule has 0 heterocycles. The number of para-hydroxylation sites is 2. The van der Waals surface area contributed by atoms with Crippen LogP contribution in [0, 0.1) is 0 Å². The molecule has 0 bridgehead atoms. The summed E-state index contributed by atoms with van der Waals surface area (Å²) in [6.07, 6.45) is 22.5. The van der Waals surface area contributed by atoms with Crippen molar-refractivity contribution >= 4 is 5.97 Å². The number of benzene rings is 2. The van der Waals surface area contributed by atoms with E-state index in [0.29, 0.717) is 23.7 Å². The van der Waals surface area contributed by atoms with Crippen molar-refractivity contribution < 1.29 is 14.3 Å². The predicted octanol–water partition coefficient (Wildman–Crippen LogP) is 9.67. The van der Waals surface area contributed by atoms with Gasteiger partial charge >= 0.3 is 5.97 Å². The zero-order valence-electron chi connectivity index (χ0n) is 21.2. The minimum Gasteiger partial charge on any atom is -0.462 e. The van der Waals surface area contributed by atoms with E-state index in [4.69, 9.17) is 9.47 Å². The van der Waals surface area contributed by atoms with Gasteiger partial charge in [-0.3, -0.25) is 0 Å². The van der Waals surface area contributed by atoms with Crippen molar-refractivity contribution in [3.8, 4) is 11.5 Å². The van der Waals surface area contributed by atoms with E-state index >= 15 is 0 Å². The van der Waals surface area contributed by atoms with Crippen molar-refractivity contribution in [3.63, 3.8) is 0 Å². The second-order valence-corrected chi connectivity index (χ2v) is 8.99. The minimum absolute atomic E-state index is 0.320. The van der Waals surface area contributed by atoms with Crippen LogP contribution in [0.3, 0.4) is 0 Å². The van der Waals surface area contributed by atoms with Gasteiger partial charge in [-0.2, -0.15) is 0 Å². The van der Waals surface area contributed by atoms with E-state index < -0.39 is 0 Å². The summed E-state index contributed by atoms with van der Waals surface area (Å²) in [5, 5.41) is 0. The van der Waals surface area contributed by atoms with Gasteiger partial charge in [-0.1, -0.05) is 107 Å². The lowest BCUT2D eigenvalue weighted by Gasteiger charge is -2.11. The summed E-state index contributed by atoms with van der Waals surface area (Å²) >= 11 is 0. The lowest BCUT2D eigenvalue weighted by Crippen LogP contribution is -2.08. The fraction of sp³-hybridized carbons (Fsp3) is 0.516. The number of allylic oxidation sites excluding steroid dienone is 2. The first-order valence-electron chi connectivity index (χ1n) is 13.5. The van der Waals surface area contributed by atoms with Crippen molar-refractivity contribution in [1.29, 1.82) is 0 Å². The van der Waals surface area contributed by atoms with Crippen LogP contribution in [-0.2, 0) is 4.74 Å². The van der Waals surface area contributed by atoms with Crippen LogP contribution in [0.4, 0.5) is 0 Å². The summed E-state index contributed by atoms with van der Waals surface area (Å²) in [6.45, 7) is 2.73. The van der Waals surface area contributed by atoms with Gasteiger partial charge in [0.25, 0.3) is 0 Å². The Morgan fingerprint density at radius 3 is 1.91 bits per heavy atom. The zero-order valence-corrected chi connectivity index (χ0v) is 21.2. The Labute approximate surface area is 207 Å². The molecule has 0 aromatic heterocycles. The van der Waals surface area contributed by atoms with Gasteiger partial charge in [0.1, 0.15) is 17.1 Å². The minimum atomic E-state index is -0.320. The fourth-order valence-corrected chi connectivity index (χ4v) is 3.93. The number of carbonyl (C=O) groups is 1. The molecule has 34 heavy (non-hydrogen) atoms. The van der Waals surface area contributed by atoms with Crippen LogP contribution in [0.2, 0.25) is 0 Å². The highest BCUT2D eigenvalue weighted by Crippen LogP contribution is 2.25. The van der Waals surface area contributed by atoms with Crippen LogP contribution in [0.1, 0.15) is 107 Å². The molecule has 0 amide bonds. The maximum absolute atomic E-state index is 12.5. The van der Waals surface area contributed by atoms with Crippen molar-refractivity contribution in [2.45, 2.75) is 96.8 Å². The Balaban J connectivity index is 1.47. The quantitative estimate of drug-likeness (QED) is 0.118. The molecule has 2 aromatic carbocycles. The summed E-state index contributed by atoms with van der Waals surface area (Å²) in [6, 6.07) is 16.7. The first-order chi connectivity index (χ1) is 16.8. The normalized spacial score (nSPS) is 11.1. The first-order valence-corrected chi connectivity index (χ1v) is 13.5. The SMILES string of the molecule is CCCCCCCC/C=C\CCCCCCCCOC(=O)c1ccccc1Oc1ccccc1. The lowest BCUT2D eigenvalue weighted by atomic mass is 10.1. The number of carbonyl (C=O) groups excluding carboxylic acids is 1. The Morgan fingerprint density at radius 2 is 1.24 bits per heavy atom. The molecule has 0 aliphatic carbocycles. The highest BCUT2D eigenvalue weighted by molar-refractivity contribution is 5.92. The zero-order chi connectivity index (χ0) is 24.1. The third kappa shape index (κ3) is 12.6. The smallest absolute Gasteiger partial charge is 0.341 e. The summed E-state index contributed by atoms with van der Waals surface area (Å²) in [7, 11) is 0. The Hall–Kier alpha value is -2.55. The van der Waals surface area contributed by atoms with E-state index in [2.05, 4.69) is 19.1 Å². The molecule has 0 saturated carbocycles. The standard InChI is InChI=1S/C31H44O3/c1-2-3-4-5-6-7-8-9-10-11-12-13-14-15-16-22-27-33-31(32)29-25-20-21-26-30(29)34-28-23-18-17-19-24-28/h9-10,17-21,23-26H,2-8,11-16,22,27H2,1H3/b10-9-. The van der Waals surface area contributed by atoms with Gasteiger partial charge in [-0.15, -0.1) is 0 Å². The molecule has 2 aromatic rings. The highest BCUT2D eigenvalue weighted by Gasteiger charge is 2.14. The summed E-state index contributed by atoms with van der Waals surface area (Å²) < 4.78 is 11.4. The molecule has 0 spiro atoms. The second kappa shape index (κ2) is 18.8. The molecule has 0 radical (unpaired) electrons. The predicted molar refractivity (Wildman–Crippen MR) is 143 cm³/mol. The van der Waals surface area contributed by atoms with Gasteiger partial charge in [-0.25, -0.2) is 4.79 Å². The van der Waals surface area contributed by atoms with Crippen molar-refractivity contribution in [1.82, 2.24) is 0 Å². The monoisotopic (exact) mass is 464 g/mol. The summed E-state index contributed by atoms with van der Waals surface area (Å²) in [4.78, 5) is 12.5. The van der Waals surface area contributed by atoms with Crippen LogP contribution >= 0.6 is 0 Å². The fourth-order valence-electron chi connectivity index (χ4n) is 3.93. The van der Waals surface area contributed by atoms with Gasteiger partial charge in [0, 0.05) is 0 Å². The molecular weight excluding hydrogens is 420 g/mol. The molecule has 0 saturated heterocycles. The molecule has 0 fully saturated rings. The molecule has 186 valence electrons. The molecule has 0 aliphatic heterocycles. The number of hydrogen-bond donors (Lipinski definition) is 0. The topological polar surface area (TPSA) is 35.5 Å². The molecule has 0 unspecified atom stereocenters. The van der Waals surface area contributed by atoms with E-state index in [1.165, 1.54) is 77.0 Å². The summed E-state index contributed by atoms with van der Waals surface area (Å²) in [5.74, 6) is 0.912. The van der Waals surface area contributed by atoms with E-state index in [1.54, 1.807) is 12.1 Å². The number of rotatable bonds is 19. The molecule has 0 N–H and O–H groups in total. The van der Waals surface area contributed by atoms with Crippen LogP contribution in [0.5, 0.6) is 11.5 Å². The lowest BCUT2D eigenvalue weighted by molar-refractivity contribution is 0.0495. The number of esters is 1. The highest BCUT2D eigenvalue weighted by atomic mass is 16.5. The third-order valence-corrected chi connectivity index (χ3v) is 5.97. The van der Waals surface area contributed by atoms with E-state index in [1.807, 2.05) is 42.5 Å². The number of unbranched alkanes of at least 4 members (excludes halogenated alkanes) is 12. The molecule has 0 atom stereocenters. The van der Waals surface area contributed by atoms with Crippen LogP contribution in [0.15, 0.2) is 66.7 Å². The third-order valence-electron chi connectivity index (χ3n) is 5.97. The number of ether oxygens (including phenoxy) is 2. The van der Waals surface area contributed by atoms with Crippen molar-refractivity contribution in [3.05, 3.63) is 72.3 Å². The molecule has 3 nitrogen and oxygen atoms in total. The van der Waals surface area contributed by atoms with Gasteiger partial charge in [-0.05, 0) is 56.4 Å². The average molecular weight is 465 g/mol. The first kappa shape index (κ1) is 27.7.